The van der Waals surface area contributed by atoms with Crippen LogP contribution in [0.4, 0.5) is 38.5 Å². The highest BCUT2D eigenvalue weighted by molar-refractivity contribution is 6.26. The van der Waals surface area contributed by atoms with Gasteiger partial charge in [-0.3, -0.25) is 0 Å². The fourth-order valence-electron chi connectivity index (χ4n) is 20.1. The molecule has 0 heterocycles. The van der Waals surface area contributed by atoms with Crippen LogP contribution in [-0.4, -0.2) is 0 Å². The molecule has 1 unspecified atom stereocenters. The van der Waals surface area contributed by atoms with Gasteiger partial charge in [0.15, 0.2) is 0 Å². The number of nitrogens with zero attached hydrogens (tertiary/aromatic N) is 3. The molecule has 0 aliphatic heterocycles. The van der Waals surface area contributed by atoms with Gasteiger partial charge in [0.1, 0.15) is 11.9 Å². The van der Waals surface area contributed by atoms with Gasteiger partial charge in [-0.1, -0.05) is 286 Å². The van der Waals surface area contributed by atoms with Crippen molar-refractivity contribution in [3.05, 3.63) is 419 Å². The van der Waals surface area contributed by atoms with Gasteiger partial charge in [-0.15, -0.1) is 0 Å². The zero-order valence-electron chi connectivity index (χ0n) is 58.0. The molecule has 0 amide bonds. The molecule has 0 N–H and O–H groups in total. The summed E-state index contributed by atoms with van der Waals surface area (Å²) in [7, 11) is 0. The average molecular weight is 1350 g/mol. The molecule has 2 spiro atoms. The fourth-order valence-corrected chi connectivity index (χ4v) is 20.1. The summed E-state index contributed by atoms with van der Waals surface area (Å²) in [5, 5.41) is 25.3. The lowest BCUT2D eigenvalue weighted by molar-refractivity contribution is 0.628. The Morgan fingerprint density at radius 1 is 0.302 bits per heavy atom. The predicted octanol–water partition coefficient (Wildman–Crippen LogP) is 26.6. The summed E-state index contributed by atoms with van der Waals surface area (Å²) >= 11 is 0. The SMILES string of the molecule is CC(Cc1ccc2c3c(c4ccccc4c2c1)-c1c(cc(N(c2ccccc2)c2ccccc2C#N)c2ccccc12)C31c2ccccc2-c2ccccc21)c1ccc(N(c2ccc(F)cc2)c2cc3c(c4ccccc24)-c2c(c4ccccc4c4ccccc24)C32c3ccccc3-c3ccccc32)cc1. The van der Waals surface area contributed by atoms with Crippen LogP contribution in [0.2, 0.25) is 0 Å². The lowest BCUT2D eigenvalue weighted by Crippen LogP contribution is -2.26. The summed E-state index contributed by atoms with van der Waals surface area (Å²) in [5.41, 5.74) is 27.6. The van der Waals surface area contributed by atoms with E-state index in [1.165, 1.54) is 149 Å². The fraction of sp³-hybridized carbons (Fsp3) is 0.0490. The van der Waals surface area contributed by atoms with Crippen LogP contribution in [-0.2, 0) is 17.3 Å². The summed E-state index contributed by atoms with van der Waals surface area (Å²) in [6.07, 6.45) is 0.803. The van der Waals surface area contributed by atoms with Crippen LogP contribution in [0.3, 0.4) is 0 Å². The molecular formula is C102H64FN3. The average Bonchev–Trinajstić information content (AvgIpc) is 1.50. The van der Waals surface area contributed by atoms with Crippen molar-refractivity contribution in [2.24, 2.45) is 0 Å². The molecule has 4 heteroatoms. The van der Waals surface area contributed by atoms with Gasteiger partial charge in [-0.2, -0.15) is 5.26 Å². The second-order valence-electron chi connectivity index (χ2n) is 29.2. The zero-order chi connectivity index (χ0) is 70.1. The number of nitriles is 1. The van der Waals surface area contributed by atoms with E-state index < -0.39 is 10.8 Å². The smallest absolute Gasteiger partial charge is 0.123 e. The van der Waals surface area contributed by atoms with Crippen LogP contribution in [0.15, 0.2) is 352 Å². The molecule has 4 aliphatic rings. The third-order valence-corrected chi connectivity index (χ3v) is 24.1. The maximum atomic E-state index is 15.4. The van der Waals surface area contributed by atoms with E-state index in [1.807, 2.05) is 30.3 Å². The molecular weight excluding hydrogens is 1290 g/mol. The number of fused-ring (bicyclic) bond motifs is 34. The van der Waals surface area contributed by atoms with Crippen molar-refractivity contribution in [2.45, 2.75) is 30.1 Å². The molecule has 0 saturated heterocycles. The molecule has 4 aliphatic carbocycles. The standard InChI is InChI=1S/C102H64FN3/c1-62(64-48-52-68(53-49-64)105(69-54-50-66(103)51-55-69)93-59-90-95(81-39-13-9-35-77(81)93)97-79-37-11-6-28-70(79)71-29-8-15-41-83(71)99(97)101(90)86-42-20-16-31-73(86)74-32-17-21-43-87(74)101)57-63-47-56-84-85(58-63)72-30-7-12-38-80(72)98-96-82-40-14-10-36-78(82)94(106(67-26-3-2-4-27-67)92-46-24-5-25-65(92)61-104)60-91(96)102(100(84)98)88-44-22-18-33-75(88)76-34-19-23-45-89(76)102/h2-56,58-60,62H,57H2,1H3. The number of hydrogen-bond donors (Lipinski definition) is 0. The van der Waals surface area contributed by atoms with Crippen LogP contribution < -0.4 is 9.80 Å². The molecule has 3 nitrogen and oxygen atoms in total. The van der Waals surface area contributed by atoms with Gasteiger partial charge in [0.2, 0.25) is 0 Å². The molecule has 18 aromatic carbocycles. The van der Waals surface area contributed by atoms with Crippen LogP contribution in [0.5, 0.6) is 0 Å². The van der Waals surface area contributed by atoms with E-state index in [0.717, 1.165) is 56.7 Å². The lowest BCUT2D eigenvalue weighted by atomic mass is 9.68. The van der Waals surface area contributed by atoms with Crippen LogP contribution in [0, 0.1) is 17.1 Å². The number of anilines is 6. The molecule has 0 radical (unpaired) electrons. The Morgan fingerprint density at radius 2 is 0.670 bits per heavy atom. The van der Waals surface area contributed by atoms with E-state index in [1.54, 1.807) is 12.1 Å². The second-order valence-corrected chi connectivity index (χ2v) is 29.2. The van der Waals surface area contributed by atoms with E-state index >= 15 is 4.39 Å². The first-order chi connectivity index (χ1) is 52.4. The Bertz CT molecular complexity index is 6770. The van der Waals surface area contributed by atoms with Crippen molar-refractivity contribution in [3.63, 3.8) is 0 Å². The number of halogens is 1. The first-order valence-electron chi connectivity index (χ1n) is 36.9. The molecule has 0 saturated carbocycles. The highest BCUT2D eigenvalue weighted by Gasteiger charge is 2.56. The van der Waals surface area contributed by atoms with E-state index in [0.29, 0.717) is 5.56 Å². The lowest BCUT2D eigenvalue weighted by Gasteiger charge is -2.34. The molecule has 1 atom stereocenters. The van der Waals surface area contributed by atoms with Gasteiger partial charge in [-0.25, -0.2) is 4.39 Å². The van der Waals surface area contributed by atoms with Crippen molar-refractivity contribution in [3.8, 4) is 50.6 Å². The van der Waals surface area contributed by atoms with Gasteiger partial charge in [-0.05, 0) is 239 Å². The predicted molar refractivity (Wildman–Crippen MR) is 437 cm³/mol. The highest BCUT2D eigenvalue weighted by atomic mass is 19.1. The molecule has 18 aromatic rings. The van der Waals surface area contributed by atoms with Crippen LogP contribution >= 0.6 is 0 Å². The number of benzene rings is 18. The first-order valence-corrected chi connectivity index (χ1v) is 36.9. The summed E-state index contributed by atoms with van der Waals surface area (Å²) in [6.45, 7) is 2.36. The van der Waals surface area contributed by atoms with Gasteiger partial charge < -0.3 is 9.80 Å². The minimum atomic E-state index is -0.732. The molecule has 0 fully saturated rings. The van der Waals surface area contributed by atoms with Crippen LogP contribution in [0.1, 0.15) is 74.0 Å². The Morgan fingerprint density at radius 3 is 1.17 bits per heavy atom. The van der Waals surface area contributed by atoms with Crippen molar-refractivity contribution >= 4 is 98.8 Å². The minimum Gasteiger partial charge on any atom is -0.310 e. The monoisotopic (exact) mass is 1350 g/mol. The van der Waals surface area contributed by atoms with Gasteiger partial charge in [0.05, 0.1) is 33.5 Å². The van der Waals surface area contributed by atoms with Crippen LogP contribution in [0.25, 0.3) is 109 Å². The Kier molecular flexibility index (Phi) is 12.9. The van der Waals surface area contributed by atoms with E-state index in [9.17, 15) is 5.26 Å². The van der Waals surface area contributed by atoms with E-state index in [2.05, 4.69) is 332 Å². The highest BCUT2D eigenvalue weighted by Crippen LogP contribution is 2.70. The Labute approximate surface area is 613 Å². The van der Waals surface area contributed by atoms with Crippen molar-refractivity contribution in [1.29, 1.82) is 5.26 Å². The summed E-state index contributed by atoms with van der Waals surface area (Å²) < 4.78 is 15.4. The molecule has 0 aromatic heterocycles. The second kappa shape index (κ2) is 22.8. The van der Waals surface area contributed by atoms with Crippen molar-refractivity contribution in [2.75, 3.05) is 9.80 Å². The van der Waals surface area contributed by atoms with E-state index in [-0.39, 0.29) is 11.7 Å². The summed E-state index contributed by atoms with van der Waals surface area (Å²) in [5.74, 6) is -0.150. The molecule has 106 heavy (non-hydrogen) atoms. The molecule has 494 valence electrons. The summed E-state index contributed by atoms with van der Waals surface area (Å²) in [6, 6.07) is 131. The number of hydrogen-bond acceptors (Lipinski definition) is 3. The minimum absolute atomic E-state index is 0.130. The first kappa shape index (κ1) is 60.2. The Balaban J connectivity index is 0.705. The molecule has 0 bridgehead atoms. The third kappa shape index (κ3) is 8.09. The number of para-hydroxylation sites is 2. The number of rotatable bonds is 9. The maximum Gasteiger partial charge on any atom is 0.123 e. The van der Waals surface area contributed by atoms with Crippen molar-refractivity contribution in [1.82, 2.24) is 0 Å². The van der Waals surface area contributed by atoms with Gasteiger partial charge in [0, 0.05) is 27.8 Å². The van der Waals surface area contributed by atoms with Gasteiger partial charge in [0.25, 0.3) is 0 Å². The maximum absolute atomic E-state index is 15.4. The van der Waals surface area contributed by atoms with E-state index in [4.69, 9.17) is 0 Å². The zero-order valence-corrected chi connectivity index (χ0v) is 58.0. The van der Waals surface area contributed by atoms with Gasteiger partial charge >= 0.3 is 0 Å². The third-order valence-electron chi connectivity index (χ3n) is 24.1. The summed E-state index contributed by atoms with van der Waals surface area (Å²) in [4.78, 5) is 4.68. The normalized spacial score (nSPS) is 13.7. The molecule has 22 rings (SSSR count). The largest absolute Gasteiger partial charge is 0.310 e. The van der Waals surface area contributed by atoms with Crippen molar-refractivity contribution < 1.29 is 4.39 Å². The quantitative estimate of drug-likeness (QED) is 0.135. The topological polar surface area (TPSA) is 30.3 Å². The Hall–Kier alpha value is -13.5.